The third-order valence-electron chi connectivity index (χ3n) is 5.81. The van der Waals surface area contributed by atoms with Crippen molar-refractivity contribution in [2.75, 3.05) is 5.32 Å². The van der Waals surface area contributed by atoms with Gasteiger partial charge in [-0.25, -0.2) is 13.9 Å². The lowest BCUT2D eigenvalue weighted by atomic mass is 10.0. The first-order valence-corrected chi connectivity index (χ1v) is 10.7. The van der Waals surface area contributed by atoms with Crippen molar-refractivity contribution in [3.63, 3.8) is 0 Å². The number of anilines is 1. The normalized spacial score (nSPS) is 12.8. The molecule has 3 aromatic heterocycles. The number of hydrogen-bond acceptors (Lipinski definition) is 4. The molecular weight excluding hydrogens is 419 g/mol. The first-order chi connectivity index (χ1) is 16.2. The number of nitrogens with zero attached hydrogens (tertiary/aromatic N) is 5. The van der Waals surface area contributed by atoms with E-state index in [1.54, 1.807) is 35.0 Å². The van der Waals surface area contributed by atoms with E-state index < -0.39 is 0 Å². The third-order valence-corrected chi connectivity index (χ3v) is 5.81. The van der Waals surface area contributed by atoms with Crippen molar-refractivity contribution in [2.24, 2.45) is 0 Å². The summed E-state index contributed by atoms with van der Waals surface area (Å²) in [6.07, 6.45) is 3.63. The van der Waals surface area contributed by atoms with Crippen LogP contribution in [-0.2, 0) is 13.0 Å². The van der Waals surface area contributed by atoms with Gasteiger partial charge in [0.15, 0.2) is 11.5 Å². The Labute approximate surface area is 188 Å². The van der Waals surface area contributed by atoms with E-state index in [0.29, 0.717) is 17.0 Å². The molecule has 162 valence electrons. The molecule has 7 nitrogen and oxygen atoms in total. The highest BCUT2D eigenvalue weighted by Crippen LogP contribution is 2.36. The van der Waals surface area contributed by atoms with Gasteiger partial charge in [-0.05, 0) is 61.4 Å². The number of aryl methyl sites for hydroxylation is 1. The van der Waals surface area contributed by atoms with Gasteiger partial charge in [-0.2, -0.15) is 10.2 Å². The van der Waals surface area contributed by atoms with Crippen molar-refractivity contribution in [1.29, 1.82) is 0 Å². The molecule has 0 unspecified atom stereocenters. The van der Waals surface area contributed by atoms with E-state index in [0.717, 1.165) is 47.6 Å². The summed E-state index contributed by atoms with van der Waals surface area (Å²) in [5.41, 5.74) is 5.63. The summed E-state index contributed by atoms with van der Waals surface area (Å²) in [5.74, 6) is -0.0881. The van der Waals surface area contributed by atoms with Crippen molar-refractivity contribution in [2.45, 2.75) is 19.4 Å². The van der Waals surface area contributed by atoms with Crippen molar-refractivity contribution < 1.29 is 9.18 Å². The maximum absolute atomic E-state index is 13.5. The highest BCUT2D eigenvalue weighted by Gasteiger charge is 2.25. The number of imidazole rings is 1. The summed E-state index contributed by atoms with van der Waals surface area (Å²) in [6, 6.07) is 19.1. The van der Waals surface area contributed by atoms with Crippen LogP contribution in [0.2, 0.25) is 0 Å². The number of fused-ring (bicyclic) bond motifs is 2. The summed E-state index contributed by atoms with van der Waals surface area (Å²) < 4.78 is 17.2. The Morgan fingerprint density at radius 1 is 0.970 bits per heavy atom. The average molecular weight is 438 g/mol. The second kappa shape index (κ2) is 7.67. The van der Waals surface area contributed by atoms with Gasteiger partial charge in [-0.1, -0.05) is 18.2 Å². The number of hydrogen-bond donors (Lipinski definition) is 1. The van der Waals surface area contributed by atoms with E-state index in [1.165, 1.54) is 12.1 Å². The number of nitrogens with one attached hydrogen (secondary N) is 1. The molecule has 33 heavy (non-hydrogen) atoms. The monoisotopic (exact) mass is 438 g/mol. The Balaban J connectivity index is 1.39. The zero-order chi connectivity index (χ0) is 22.4. The average Bonchev–Trinajstić information content (AvgIpc) is 3.53. The molecule has 0 atom stereocenters. The molecule has 1 aliphatic heterocycles. The Bertz CT molecular complexity index is 1490. The number of rotatable bonds is 4. The lowest BCUT2D eigenvalue weighted by Gasteiger charge is -2.05. The van der Waals surface area contributed by atoms with Crippen LogP contribution in [0.1, 0.15) is 22.5 Å². The van der Waals surface area contributed by atoms with E-state index in [2.05, 4.69) is 10.3 Å². The summed E-state index contributed by atoms with van der Waals surface area (Å²) in [5, 5.41) is 12.4. The molecule has 1 amide bonds. The number of aromatic nitrogens is 5. The third kappa shape index (κ3) is 3.45. The van der Waals surface area contributed by atoms with E-state index in [1.807, 2.05) is 35.0 Å². The highest BCUT2D eigenvalue weighted by atomic mass is 19.1. The van der Waals surface area contributed by atoms with E-state index >= 15 is 0 Å². The van der Waals surface area contributed by atoms with Crippen LogP contribution in [0.3, 0.4) is 0 Å². The van der Waals surface area contributed by atoms with Gasteiger partial charge in [-0.3, -0.25) is 9.48 Å². The van der Waals surface area contributed by atoms with Crippen molar-refractivity contribution in [1.82, 2.24) is 24.4 Å². The minimum absolute atomic E-state index is 0.229. The summed E-state index contributed by atoms with van der Waals surface area (Å²) in [7, 11) is 0. The molecule has 4 heterocycles. The molecule has 0 saturated heterocycles. The van der Waals surface area contributed by atoms with Crippen LogP contribution in [0.25, 0.3) is 28.2 Å². The fraction of sp³-hybridized carbons (Fsp3) is 0.120. The van der Waals surface area contributed by atoms with Gasteiger partial charge in [0.05, 0.1) is 17.5 Å². The molecular formula is C25H19FN6O. The number of benzene rings is 2. The number of carbonyl (C=O) groups is 1. The second-order valence-electron chi connectivity index (χ2n) is 7.97. The Hall–Kier alpha value is -4.33. The minimum atomic E-state index is -0.282. The fourth-order valence-corrected chi connectivity index (χ4v) is 4.26. The lowest BCUT2D eigenvalue weighted by molar-refractivity contribution is 0.102. The lowest BCUT2D eigenvalue weighted by Crippen LogP contribution is -2.11. The standard InChI is InChI=1S/C25H19FN6O/c26-18-10-8-16(9-11-18)24-23(20-7-4-14-31(20)30-24)19-12-13-22-27-21(15-32(22)29-19)28-25(33)17-5-2-1-3-6-17/h1-3,5-6,8-13,15H,4,7,14H2,(H,28,33). The molecule has 0 spiro atoms. The van der Waals surface area contributed by atoms with E-state index in [4.69, 9.17) is 10.2 Å². The maximum Gasteiger partial charge on any atom is 0.256 e. The molecule has 8 heteroatoms. The SMILES string of the molecule is O=C(Nc1cn2nc(-c3c(-c4ccc(F)cc4)nn4c3CCC4)ccc2n1)c1ccccc1. The zero-order valence-electron chi connectivity index (χ0n) is 17.6. The fourth-order valence-electron chi connectivity index (χ4n) is 4.26. The Morgan fingerprint density at radius 3 is 2.61 bits per heavy atom. The second-order valence-corrected chi connectivity index (χ2v) is 7.97. The predicted octanol–water partition coefficient (Wildman–Crippen LogP) is 4.60. The van der Waals surface area contributed by atoms with Crippen molar-refractivity contribution in [3.05, 3.63) is 90.0 Å². The highest BCUT2D eigenvalue weighted by molar-refractivity contribution is 6.03. The van der Waals surface area contributed by atoms with E-state index in [9.17, 15) is 9.18 Å². The van der Waals surface area contributed by atoms with E-state index in [-0.39, 0.29) is 11.7 Å². The van der Waals surface area contributed by atoms with Gasteiger partial charge in [0, 0.05) is 23.4 Å². The van der Waals surface area contributed by atoms with Gasteiger partial charge in [0.2, 0.25) is 0 Å². The molecule has 0 saturated carbocycles. The molecule has 0 radical (unpaired) electrons. The minimum Gasteiger partial charge on any atom is -0.305 e. The Morgan fingerprint density at radius 2 is 1.79 bits per heavy atom. The van der Waals surface area contributed by atoms with Crippen LogP contribution in [-0.4, -0.2) is 30.3 Å². The molecule has 0 bridgehead atoms. The van der Waals surface area contributed by atoms with Crippen LogP contribution < -0.4 is 5.32 Å². The largest absolute Gasteiger partial charge is 0.305 e. The van der Waals surface area contributed by atoms with Gasteiger partial charge < -0.3 is 5.32 Å². The molecule has 1 N–H and O–H groups in total. The molecule has 5 aromatic rings. The molecule has 2 aromatic carbocycles. The van der Waals surface area contributed by atoms with Crippen LogP contribution in [0.5, 0.6) is 0 Å². The number of carbonyl (C=O) groups excluding carboxylic acids is 1. The van der Waals surface area contributed by atoms with Crippen LogP contribution in [0.4, 0.5) is 10.2 Å². The molecule has 6 rings (SSSR count). The number of amides is 1. The van der Waals surface area contributed by atoms with Crippen molar-refractivity contribution in [3.8, 4) is 22.5 Å². The van der Waals surface area contributed by atoms with Gasteiger partial charge >= 0.3 is 0 Å². The van der Waals surface area contributed by atoms with Crippen LogP contribution >= 0.6 is 0 Å². The smallest absolute Gasteiger partial charge is 0.256 e. The van der Waals surface area contributed by atoms with Crippen molar-refractivity contribution >= 4 is 17.4 Å². The summed E-state index contributed by atoms with van der Waals surface area (Å²) in [6.45, 7) is 0.854. The zero-order valence-corrected chi connectivity index (χ0v) is 17.6. The maximum atomic E-state index is 13.5. The number of halogens is 1. The predicted molar refractivity (Wildman–Crippen MR) is 122 cm³/mol. The Kier molecular flexibility index (Phi) is 4.50. The summed E-state index contributed by atoms with van der Waals surface area (Å²) in [4.78, 5) is 16.9. The van der Waals surface area contributed by atoms with Gasteiger partial charge in [0.25, 0.3) is 5.91 Å². The molecule has 0 aliphatic carbocycles. The quantitative estimate of drug-likeness (QED) is 0.445. The first-order valence-electron chi connectivity index (χ1n) is 10.7. The van der Waals surface area contributed by atoms with Gasteiger partial charge in [-0.15, -0.1) is 0 Å². The topological polar surface area (TPSA) is 77.1 Å². The molecule has 0 fully saturated rings. The summed E-state index contributed by atoms with van der Waals surface area (Å²) >= 11 is 0. The first kappa shape index (κ1) is 19.4. The molecule has 1 aliphatic rings. The van der Waals surface area contributed by atoms with Crippen LogP contribution in [0, 0.1) is 5.82 Å². The van der Waals surface area contributed by atoms with Gasteiger partial charge in [0.1, 0.15) is 11.5 Å². The van der Waals surface area contributed by atoms with Crippen LogP contribution in [0.15, 0.2) is 72.9 Å².